The number of ether oxygens (including phenoxy) is 2. The third-order valence-electron chi connectivity index (χ3n) is 9.17. The highest BCUT2D eigenvalue weighted by molar-refractivity contribution is 5.98. The highest BCUT2D eigenvalue weighted by Gasteiger charge is 2.79. The van der Waals surface area contributed by atoms with Crippen LogP contribution in [-0.4, -0.2) is 82.3 Å². The molecule has 1 aliphatic carbocycles. The van der Waals surface area contributed by atoms with E-state index in [0.717, 1.165) is 25.7 Å². The van der Waals surface area contributed by atoms with Gasteiger partial charge in [0, 0.05) is 25.7 Å². The molecule has 1 N–H and O–H groups in total. The second-order valence-electron chi connectivity index (χ2n) is 11.1. The summed E-state index contributed by atoms with van der Waals surface area (Å²) in [5.41, 5.74) is -1.84. The average Bonchev–Trinajstić information content (AvgIpc) is 3.51. The van der Waals surface area contributed by atoms with Crippen LogP contribution in [0.2, 0.25) is 0 Å². The summed E-state index contributed by atoms with van der Waals surface area (Å²) in [5, 5.41) is 9.38. The number of nitrogens with zero attached hydrogens (tertiary/aromatic N) is 2. The van der Waals surface area contributed by atoms with Gasteiger partial charge < -0.3 is 24.4 Å². The molecule has 0 aromatic carbocycles. The van der Waals surface area contributed by atoms with Crippen LogP contribution in [0.1, 0.15) is 77.6 Å². The zero-order valence-electron chi connectivity index (χ0n) is 22.4. The molecular formula is C29H44N2O6. The Morgan fingerprint density at radius 1 is 1.19 bits per heavy atom. The summed E-state index contributed by atoms with van der Waals surface area (Å²) in [5.74, 6) is -2.18. The molecule has 4 fully saturated rings. The fourth-order valence-electron chi connectivity index (χ4n) is 7.43. The van der Waals surface area contributed by atoms with E-state index in [9.17, 15) is 19.5 Å². The predicted octanol–water partition coefficient (Wildman–Crippen LogP) is 3.38. The number of hydrogen-bond acceptors (Lipinski definition) is 6. The predicted molar refractivity (Wildman–Crippen MR) is 139 cm³/mol. The zero-order chi connectivity index (χ0) is 26.6. The van der Waals surface area contributed by atoms with Crippen LogP contribution >= 0.6 is 0 Å². The Bertz CT molecular complexity index is 886. The number of aliphatic hydroxyl groups excluding tert-OH is 1. The summed E-state index contributed by atoms with van der Waals surface area (Å²) >= 11 is 0. The van der Waals surface area contributed by atoms with Crippen LogP contribution in [-0.2, 0) is 23.9 Å². The minimum absolute atomic E-state index is 0.0214. The Balaban J connectivity index is 1.72. The van der Waals surface area contributed by atoms with E-state index < -0.39 is 35.0 Å². The van der Waals surface area contributed by atoms with Crippen molar-refractivity contribution in [2.24, 2.45) is 11.8 Å². The molecule has 0 aromatic heterocycles. The molecule has 37 heavy (non-hydrogen) atoms. The number of carbonyl (C=O) groups is 3. The molecule has 0 radical (unpaired) electrons. The Labute approximate surface area is 221 Å². The molecule has 206 valence electrons. The molecule has 2 amide bonds. The second-order valence-corrected chi connectivity index (χ2v) is 11.1. The number of unbranched alkanes of at least 4 members (excludes halogenated alkanes) is 1. The SMILES string of the molecule is C=CCCOC(=O)[C@@H]1[C@H]2C(=O)N(CCCCO)C(C(=O)N(CC=C)C3CCCCC3)C23CC[C@@]1(CC)O3. The van der Waals surface area contributed by atoms with E-state index in [4.69, 9.17) is 9.47 Å². The smallest absolute Gasteiger partial charge is 0.312 e. The average molecular weight is 517 g/mol. The summed E-state index contributed by atoms with van der Waals surface area (Å²) in [4.78, 5) is 45.6. The van der Waals surface area contributed by atoms with E-state index >= 15 is 0 Å². The first-order valence-corrected chi connectivity index (χ1v) is 14.2. The zero-order valence-corrected chi connectivity index (χ0v) is 22.4. The number of hydrogen-bond donors (Lipinski definition) is 1. The number of likely N-dealkylation sites (tertiary alicyclic amines) is 1. The maximum absolute atomic E-state index is 14.5. The molecule has 0 aromatic rings. The van der Waals surface area contributed by atoms with Crippen LogP contribution in [0.3, 0.4) is 0 Å². The molecule has 4 aliphatic rings. The Morgan fingerprint density at radius 2 is 1.95 bits per heavy atom. The van der Waals surface area contributed by atoms with E-state index in [1.807, 2.05) is 11.8 Å². The van der Waals surface area contributed by atoms with E-state index in [2.05, 4.69) is 13.2 Å². The van der Waals surface area contributed by atoms with Crippen molar-refractivity contribution in [2.75, 3.05) is 26.3 Å². The van der Waals surface area contributed by atoms with Gasteiger partial charge in [-0.15, -0.1) is 13.2 Å². The first-order valence-electron chi connectivity index (χ1n) is 14.2. The van der Waals surface area contributed by atoms with Crippen molar-refractivity contribution in [1.29, 1.82) is 0 Å². The fraction of sp³-hybridized carbons (Fsp3) is 0.759. The van der Waals surface area contributed by atoms with Crippen molar-refractivity contribution in [3.8, 4) is 0 Å². The van der Waals surface area contributed by atoms with Crippen molar-refractivity contribution in [3.63, 3.8) is 0 Å². The monoisotopic (exact) mass is 516 g/mol. The molecule has 3 heterocycles. The van der Waals surface area contributed by atoms with Crippen LogP contribution in [0.4, 0.5) is 0 Å². The first-order chi connectivity index (χ1) is 17.9. The lowest BCUT2D eigenvalue weighted by Gasteiger charge is -2.40. The molecule has 1 spiro atoms. The number of carbonyl (C=O) groups excluding carboxylic acids is 3. The summed E-state index contributed by atoms with van der Waals surface area (Å²) in [7, 11) is 0. The highest BCUT2D eigenvalue weighted by atomic mass is 16.6. The van der Waals surface area contributed by atoms with Crippen LogP contribution in [0.25, 0.3) is 0 Å². The molecule has 8 heteroatoms. The van der Waals surface area contributed by atoms with Crippen molar-refractivity contribution in [3.05, 3.63) is 25.3 Å². The Morgan fingerprint density at radius 3 is 2.59 bits per heavy atom. The van der Waals surface area contributed by atoms with E-state index in [1.165, 1.54) is 6.42 Å². The normalized spacial score (nSPS) is 32.9. The third kappa shape index (κ3) is 4.76. The highest BCUT2D eigenvalue weighted by Crippen LogP contribution is 2.64. The topological polar surface area (TPSA) is 96.4 Å². The molecule has 4 rings (SSSR count). The second kappa shape index (κ2) is 11.7. The fourth-order valence-corrected chi connectivity index (χ4v) is 7.43. The summed E-state index contributed by atoms with van der Waals surface area (Å²) < 4.78 is 12.4. The molecule has 2 unspecified atom stereocenters. The quantitative estimate of drug-likeness (QED) is 0.229. The van der Waals surface area contributed by atoms with E-state index in [-0.39, 0.29) is 31.1 Å². The first kappa shape index (κ1) is 27.8. The van der Waals surface area contributed by atoms with Crippen LogP contribution < -0.4 is 0 Å². The van der Waals surface area contributed by atoms with Gasteiger partial charge in [0.2, 0.25) is 11.8 Å². The minimum Gasteiger partial charge on any atom is -0.465 e. The van der Waals surface area contributed by atoms with Gasteiger partial charge in [-0.05, 0) is 51.4 Å². The number of rotatable bonds is 13. The number of amides is 2. The van der Waals surface area contributed by atoms with Crippen LogP contribution in [0.15, 0.2) is 25.3 Å². The minimum atomic E-state index is -1.04. The molecule has 1 saturated carbocycles. The van der Waals surface area contributed by atoms with Crippen molar-refractivity contribution in [2.45, 2.75) is 101 Å². The van der Waals surface area contributed by atoms with Gasteiger partial charge in [-0.25, -0.2) is 0 Å². The van der Waals surface area contributed by atoms with Gasteiger partial charge in [0.25, 0.3) is 0 Å². The Hall–Kier alpha value is -2.19. The lowest BCUT2D eigenvalue weighted by atomic mass is 9.65. The van der Waals surface area contributed by atoms with Crippen LogP contribution in [0.5, 0.6) is 0 Å². The van der Waals surface area contributed by atoms with Gasteiger partial charge in [0.15, 0.2) is 0 Å². The number of esters is 1. The molecular weight excluding hydrogens is 472 g/mol. The summed E-state index contributed by atoms with van der Waals surface area (Å²) in [6, 6.07) is -0.674. The number of aliphatic hydroxyl groups is 1. The summed E-state index contributed by atoms with van der Waals surface area (Å²) in [6.45, 7) is 10.6. The van der Waals surface area contributed by atoms with Gasteiger partial charge in [-0.1, -0.05) is 38.3 Å². The third-order valence-corrected chi connectivity index (χ3v) is 9.17. The molecule has 8 nitrogen and oxygen atoms in total. The maximum atomic E-state index is 14.5. The molecule has 3 saturated heterocycles. The van der Waals surface area contributed by atoms with Gasteiger partial charge in [-0.2, -0.15) is 0 Å². The maximum Gasteiger partial charge on any atom is 0.312 e. The van der Waals surface area contributed by atoms with Gasteiger partial charge >= 0.3 is 5.97 Å². The van der Waals surface area contributed by atoms with Crippen molar-refractivity contribution in [1.82, 2.24) is 9.80 Å². The van der Waals surface area contributed by atoms with Crippen molar-refractivity contribution < 1.29 is 29.0 Å². The summed E-state index contributed by atoms with van der Waals surface area (Å²) in [6.07, 6.45) is 12.1. The van der Waals surface area contributed by atoms with E-state index in [0.29, 0.717) is 51.6 Å². The standard InChI is InChI=1S/C29H44N2O6/c1-4-7-20-36-27(35)23-22-25(33)31(18-11-12-19-32)24(29(22)16-15-28(23,6-3)37-29)26(34)30(17-5-2)21-13-9-8-10-14-21/h4-5,21-24,32H,1-2,6-20H2,3H3/t22-,23-,24?,28+,29?/m0/s1. The lowest BCUT2D eigenvalue weighted by molar-refractivity contribution is -0.162. The van der Waals surface area contributed by atoms with Gasteiger partial charge in [-0.3, -0.25) is 14.4 Å². The molecule has 3 aliphatic heterocycles. The van der Waals surface area contributed by atoms with Crippen LogP contribution in [0, 0.1) is 11.8 Å². The lowest BCUT2D eigenvalue weighted by Crippen LogP contribution is -2.58. The molecule has 5 atom stereocenters. The molecule has 2 bridgehead atoms. The van der Waals surface area contributed by atoms with Gasteiger partial charge in [0.1, 0.15) is 17.6 Å². The largest absolute Gasteiger partial charge is 0.465 e. The number of fused-ring (bicyclic) bond motifs is 1. The van der Waals surface area contributed by atoms with E-state index in [1.54, 1.807) is 17.1 Å². The Kier molecular flexibility index (Phi) is 8.79. The van der Waals surface area contributed by atoms with Crippen molar-refractivity contribution >= 4 is 17.8 Å². The van der Waals surface area contributed by atoms with Gasteiger partial charge in [0.05, 0.1) is 18.1 Å².